The van der Waals surface area contributed by atoms with Gasteiger partial charge in [0.15, 0.2) is 0 Å². The van der Waals surface area contributed by atoms with Crippen molar-refractivity contribution in [3.63, 3.8) is 0 Å². The molecule has 0 saturated carbocycles. The third-order valence-corrected chi connectivity index (χ3v) is 3.27. The number of nitro groups is 1. The summed E-state index contributed by atoms with van der Waals surface area (Å²) in [7, 11) is 0. The fourth-order valence-electron chi connectivity index (χ4n) is 2.41. The second-order valence-electron chi connectivity index (χ2n) is 4.30. The molecule has 0 unspecified atom stereocenters. The van der Waals surface area contributed by atoms with Gasteiger partial charge in [-0.3, -0.25) is 10.1 Å². The summed E-state index contributed by atoms with van der Waals surface area (Å²) in [5.74, 6) is -0.0587. The molecule has 0 bridgehead atoms. The van der Waals surface area contributed by atoms with Crippen LogP contribution in [0.15, 0.2) is 34.7 Å². The normalized spacial score (nSPS) is 11.2. The molecule has 0 atom stereocenters. The van der Waals surface area contributed by atoms with Crippen LogP contribution in [0, 0.1) is 10.1 Å². The lowest BCUT2D eigenvalue weighted by Crippen LogP contribution is -1.94. The smallest absolute Gasteiger partial charge is 0.280 e. The number of nitrogens with zero attached hydrogens (tertiary/aromatic N) is 1. The van der Waals surface area contributed by atoms with Gasteiger partial charge in [0.05, 0.1) is 21.9 Å². The molecule has 0 spiro atoms. The lowest BCUT2D eigenvalue weighted by molar-refractivity contribution is -0.385. The van der Waals surface area contributed by atoms with E-state index in [4.69, 9.17) is 4.42 Å². The molecule has 0 aliphatic heterocycles. The van der Waals surface area contributed by atoms with E-state index in [1.807, 2.05) is 18.2 Å². The fourth-order valence-corrected chi connectivity index (χ4v) is 2.41. The van der Waals surface area contributed by atoms with E-state index in [-0.39, 0.29) is 11.4 Å². The molecular weight excluding hydrogens is 246 g/mol. The van der Waals surface area contributed by atoms with Crippen LogP contribution in [0.25, 0.3) is 21.9 Å². The van der Waals surface area contributed by atoms with E-state index in [1.165, 1.54) is 6.07 Å². The van der Waals surface area contributed by atoms with E-state index in [1.54, 1.807) is 13.0 Å². The minimum atomic E-state index is -0.495. The number of phenolic OH excluding ortho intramolecular Hbond substituents is 1. The predicted molar refractivity (Wildman–Crippen MR) is 71.4 cm³/mol. The number of phenols is 1. The summed E-state index contributed by atoms with van der Waals surface area (Å²) < 4.78 is 5.56. The van der Waals surface area contributed by atoms with Crippen molar-refractivity contribution in [3.05, 3.63) is 46.0 Å². The standard InChI is InChI=1S/C14H11NO4/c1-2-8-10(15(17)18)7-12-13(14(8)16)9-5-3-4-6-11(9)19-12/h3-7,16H,2H2,1H3. The van der Waals surface area contributed by atoms with Crippen LogP contribution in [-0.2, 0) is 6.42 Å². The van der Waals surface area contributed by atoms with E-state index < -0.39 is 4.92 Å². The number of nitro benzene ring substituents is 1. The average Bonchev–Trinajstić information content (AvgIpc) is 2.76. The zero-order valence-electron chi connectivity index (χ0n) is 10.2. The first-order valence-electron chi connectivity index (χ1n) is 5.94. The molecule has 1 aromatic heterocycles. The fraction of sp³-hybridized carbons (Fsp3) is 0.143. The van der Waals surface area contributed by atoms with Gasteiger partial charge in [-0.05, 0) is 12.5 Å². The van der Waals surface area contributed by atoms with Crippen LogP contribution in [0.4, 0.5) is 5.69 Å². The van der Waals surface area contributed by atoms with E-state index >= 15 is 0 Å². The van der Waals surface area contributed by atoms with E-state index in [9.17, 15) is 15.2 Å². The van der Waals surface area contributed by atoms with Gasteiger partial charge in [0.25, 0.3) is 5.69 Å². The van der Waals surface area contributed by atoms with Crippen LogP contribution in [0.3, 0.4) is 0 Å². The van der Waals surface area contributed by atoms with Crippen molar-refractivity contribution >= 4 is 27.6 Å². The second-order valence-corrected chi connectivity index (χ2v) is 4.30. The summed E-state index contributed by atoms with van der Waals surface area (Å²) in [6.45, 7) is 1.77. The minimum Gasteiger partial charge on any atom is -0.507 e. The molecule has 1 N–H and O–H groups in total. The molecule has 0 radical (unpaired) electrons. The molecule has 0 fully saturated rings. The van der Waals surface area contributed by atoms with Crippen molar-refractivity contribution in [3.8, 4) is 5.75 Å². The molecule has 3 aromatic rings. The number of aromatic hydroxyl groups is 1. The maximum Gasteiger partial charge on any atom is 0.280 e. The third-order valence-electron chi connectivity index (χ3n) is 3.27. The largest absolute Gasteiger partial charge is 0.507 e. The van der Waals surface area contributed by atoms with Crippen molar-refractivity contribution in [1.82, 2.24) is 0 Å². The summed E-state index contributed by atoms with van der Waals surface area (Å²) in [6, 6.07) is 8.63. The van der Waals surface area contributed by atoms with Gasteiger partial charge < -0.3 is 9.52 Å². The Balaban J connectivity index is 2.52. The molecule has 3 rings (SSSR count). The number of hydrogen-bond acceptors (Lipinski definition) is 4. The molecule has 0 saturated heterocycles. The maximum atomic E-state index is 11.0. The molecule has 0 amide bonds. The first kappa shape index (κ1) is 11.5. The zero-order valence-corrected chi connectivity index (χ0v) is 10.2. The van der Waals surface area contributed by atoms with Gasteiger partial charge in [-0.15, -0.1) is 0 Å². The number of benzene rings is 2. The lowest BCUT2D eigenvalue weighted by Gasteiger charge is -2.04. The first-order chi connectivity index (χ1) is 9.13. The predicted octanol–water partition coefficient (Wildman–Crippen LogP) is 3.76. The van der Waals surface area contributed by atoms with Gasteiger partial charge in [-0.2, -0.15) is 0 Å². The van der Waals surface area contributed by atoms with Crippen molar-refractivity contribution in [2.45, 2.75) is 13.3 Å². The van der Waals surface area contributed by atoms with Gasteiger partial charge in [0, 0.05) is 5.39 Å². The average molecular weight is 257 g/mol. The summed E-state index contributed by atoms with van der Waals surface area (Å²) in [6.07, 6.45) is 0.387. The Hall–Kier alpha value is -2.56. The lowest BCUT2D eigenvalue weighted by atomic mass is 10.0. The van der Waals surface area contributed by atoms with Crippen LogP contribution in [-0.4, -0.2) is 10.0 Å². The highest BCUT2D eigenvalue weighted by Crippen LogP contribution is 2.41. The van der Waals surface area contributed by atoms with Crippen LogP contribution >= 0.6 is 0 Å². The Morgan fingerprint density at radius 2 is 2.05 bits per heavy atom. The summed E-state index contributed by atoms with van der Waals surface area (Å²) in [5.41, 5.74) is 1.17. The van der Waals surface area contributed by atoms with Gasteiger partial charge in [0.1, 0.15) is 16.9 Å². The number of fused-ring (bicyclic) bond motifs is 3. The highest BCUT2D eigenvalue weighted by atomic mass is 16.6. The molecule has 0 aliphatic carbocycles. The molecule has 0 aliphatic rings. The van der Waals surface area contributed by atoms with Crippen molar-refractivity contribution in [1.29, 1.82) is 0 Å². The van der Waals surface area contributed by atoms with Crippen LogP contribution in [0.2, 0.25) is 0 Å². The molecule has 1 heterocycles. The Morgan fingerprint density at radius 1 is 1.32 bits per heavy atom. The molecule has 19 heavy (non-hydrogen) atoms. The van der Waals surface area contributed by atoms with Crippen molar-refractivity contribution in [2.24, 2.45) is 0 Å². The number of para-hydroxylation sites is 1. The zero-order chi connectivity index (χ0) is 13.6. The molecule has 5 heteroatoms. The van der Waals surface area contributed by atoms with Gasteiger partial charge >= 0.3 is 0 Å². The van der Waals surface area contributed by atoms with Crippen LogP contribution in [0.1, 0.15) is 12.5 Å². The summed E-state index contributed by atoms with van der Waals surface area (Å²) >= 11 is 0. The number of hydrogen-bond donors (Lipinski definition) is 1. The molecule has 96 valence electrons. The quantitative estimate of drug-likeness (QED) is 0.560. The monoisotopic (exact) mass is 257 g/mol. The molecular formula is C14H11NO4. The molecule has 5 nitrogen and oxygen atoms in total. The Morgan fingerprint density at radius 3 is 2.74 bits per heavy atom. The highest BCUT2D eigenvalue weighted by molar-refractivity contribution is 6.09. The summed E-state index contributed by atoms with van der Waals surface area (Å²) in [4.78, 5) is 10.5. The van der Waals surface area contributed by atoms with Crippen molar-refractivity contribution < 1.29 is 14.4 Å². The van der Waals surface area contributed by atoms with Crippen LogP contribution < -0.4 is 0 Å². The molecule has 2 aromatic carbocycles. The van der Waals surface area contributed by atoms with Gasteiger partial charge in [0.2, 0.25) is 0 Å². The second kappa shape index (κ2) is 3.98. The number of furan rings is 1. The Bertz CT molecular complexity index is 804. The Labute approximate surface area is 108 Å². The topological polar surface area (TPSA) is 76.5 Å². The van der Waals surface area contributed by atoms with E-state index in [0.29, 0.717) is 28.5 Å². The maximum absolute atomic E-state index is 11.0. The van der Waals surface area contributed by atoms with Crippen molar-refractivity contribution in [2.75, 3.05) is 0 Å². The van der Waals surface area contributed by atoms with E-state index in [0.717, 1.165) is 5.39 Å². The highest BCUT2D eigenvalue weighted by Gasteiger charge is 2.23. The number of rotatable bonds is 2. The third kappa shape index (κ3) is 1.55. The SMILES string of the molecule is CCc1c([N+](=O)[O-])cc2oc3ccccc3c2c1O. The first-order valence-corrected chi connectivity index (χ1v) is 5.94. The minimum absolute atomic E-state index is 0.0587. The van der Waals surface area contributed by atoms with Crippen LogP contribution in [0.5, 0.6) is 5.75 Å². The van der Waals surface area contributed by atoms with Gasteiger partial charge in [-0.1, -0.05) is 25.1 Å². The summed E-state index contributed by atoms with van der Waals surface area (Å²) in [5, 5.41) is 22.6. The van der Waals surface area contributed by atoms with E-state index in [2.05, 4.69) is 0 Å². The Kier molecular flexibility index (Phi) is 2.41. The van der Waals surface area contributed by atoms with Gasteiger partial charge in [-0.25, -0.2) is 0 Å².